The van der Waals surface area contributed by atoms with Gasteiger partial charge in [0.15, 0.2) is 5.69 Å². The highest BCUT2D eigenvalue weighted by Crippen LogP contribution is 2.30. The summed E-state index contributed by atoms with van der Waals surface area (Å²) in [6.45, 7) is 3.63. The van der Waals surface area contributed by atoms with Crippen LogP contribution in [-0.4, -0.2) is 71.7 Å². The van der Waals surface area contributed by atoms with Crippen LogP contribution in [0.4, 0.5) is 0 Å². The van der Waals surface area contributed by atoms with E-state index in [9.17, 15) is 4.79 Å². The standard InChI is InChI=1S/C23H27N5O4/c1-15-18(13-27(2)3)21(26-32-15)23(29)28-11-12-31-19(14-28)22-20(24-9-10-25-22)16-5-7-17(30-4)8-6-16/h5-10,19H,11-14H2,1-4H3/t19-/m0/s1. The summed E-state index contributed by atoms with van der Waals surface area (Å²) in [4.78, 5) is 26.1. The molecule has 3 heterocycles. The van der Waals surface area contributed by atoms with Crippen LogP contribution in [-0.2, 0) is 11.3 Å². The van der Waals surface area contributed by atoms with E-state index >= 15 is 0 Å². The molecule has 0 radical (unpaired) electrons. The predicted molar refractivity (Wildman–Crippen MR) is 117 cm³/mol. The second-order valence-corrected chi connectivity index (χ2v) is 7.93. The van der Waals surface area contributed by atoms with Crippen LogP contribution in [0.2, 0.25) is 0 Å². The first-order valence-corrected chi connectivity index (χ1v) is 10.4. The van der Waals surface area contributed by atoms with Gasteiger partial charge < -0.3 is 23.8 Å². The SMILES string of the molecule is COc1ccc(-c2nccnc2[C@@H]2CN(C(=O)c3noc(C)c3CN(C)C)CCO2)cc1. The van der Waals surface area contributed by atoms with Crippen molar-refractivity contribution >= 4 is 5.91 Å². The molecule has 4 rings (SSSR count). The second-order valence-electron chi connectivity index (χ2n) is 7.93. The Morgan fingerprint density at radius 1 is 1.22 bits per heavy atom. The van der Waals surface area contributed by atoms with Crippen molar-refractivity contribution in [2.75, 3.05) is 40.9 Å². The third-order valence-corrected chi connectivity index (χ3v) is 5.41. The molecule has 0 aliphatic carbocycles. The van der Waals surface area contributed by atoms with Crippen LogP contribution in [0.25, 0.3) is 11.3 Å². The number of hydrogen-bond acceptors (Lipinski definition) is 8. The molecule has 9 nitrogen and oxygen atoms in total. The molecule has 1 amide bonds. The first kappa shape index (κ1) is 21.9. The Bertz CT molecular complexity index is 1080. The van der Waals surface area contributed by atoms with Crippen molar-refractivity contribution in [3.8, 4) is 17.0 Å². The lowest BCUT2D eigenvalue weighted by atomic mass is 10.0. The van der Waals surface area contributed by atoms with Crippen LogP contribution in [0.15, 0.2) is 41.2 Å². The summed E-state index contributed by atoms with van der Waals surface area (Å²) in [5.74, 6) is 1.26. The highest BCUT2D eigenvalue weighted by Gasteiger charge is 2.32. The number of aryl methyl sites for hydroxylation is 1. The Morgan fingerprint density at radius 3 is 2.69 bits per heavy atom. The van der Waals surface area contributed by atoms with Crippen molar-refractivity contribution in [3.63, 3.8) is 0 Å². The molecule has 0 unspecified atom stereocenters. The first-order chi connectivity index (χ1) is 15.5. The number of carbonyl (C=O) groups excluding carboxylic acids is 1. The van der Waals surface area contributed by atoms with Gasteiger partial charge in [0.05, 0.1) is 31.6 Å². The quantitative estimate of drug-likeness (QED) is 0.581. The summed E-state index contributed by atoms with van der Waals surface area (Å²) in [5, 5.41) is 4.05. The van der Waals surface area contributed by atoms with Gasteiger partial charge in [-0.25, -0.2) is 0 Å². The number of benzene rings is 1. The van der Waals surface area contributed by atoms with Crippen molar-refractivity contribution in [1.82, 2.24) is 24.9 Å². The molecule has 1 saturated heterocycles. The number of rotatable bonds is 6. The second kappa shape index (κ2) is 9.46. The Labute approximate surface area is 187 Å². The highest BCUT2D eigenvalue weighted by atomic mass is 16.5. The van der Waals surface area contributed by atoms with Gasteiger partial charge in [-0.3, -0.25) is 14.8 Å². The molecule has 0 spiro atoms. The third-order valence-electron chi connectivity index (χ3n) is 5.41. The summed E-state index contributed by atoms with van der Waals surface area (Å²) in [7, 11) is 5.52. The van der Waals surface area contributed by atoms with E-state index in [0.717, 1.165) is 22.6 Å². The van der Waals surface area contributed by atoms with Crippen LogP contribution in [0.1, 0.15) is 33.6 Å². The maximum absolute atomic E-state index is 13.3. The summed E-state index contributed by atoms with van der Waals surface area (Å²) in [5.41, 5.74) is 3.48. The molecule has 1 aliphatic heterocycles. The van der Waals surface area contributed by atoms with E-state index in [1.807, 2.05) is 50.2 Å². The van der Waals surface area contributed by atoms with E-state index in [1.165, 1.54) is 0 Å². The molecule has 0 bridgehead atoms. The molecule has 1 atom stereocenters. The minimum absolute atomic E-state index is 0.165. The molecular weight excluding hydrogens is 410 g/mol. The molecule has 32 heavy (non-hydrogen) atoms. The molecule has 0 N–H and O–H groups in total. The van der Waals surface area contributed by atoms with Gasteiger partial charge in [0.1, 0.15) is 17.6 Å². The van der Waals surface area contributed by atoms with Crippen molar-refractivity contribution in [2.45, 2.75) is 19.6 Å². The van der Waals surface area contributed by atoms with Crippen LogP contribution < -0.4 is 4.74 Å². The molecule has 168 valence electrons. The van der Waals surface area contributed by atoms with Gasteiger partial charge in [0, 0.05) is 36.6 Å². The van der Waals surface area contributed by atoms with E-state index in [4.69, 9.17) is 14.0 Å². The lowest BCUT2D eigenvalue weighted by Gasteiger charge is -2.33. The summed E-state index contributed by atoms with van der Waals surface area (Å²) in [6, 6.07) is 7.63. The summed E-state index contributed by atoms with van der Waals surface area (Å²) >= 11 is 0. The smallest absolute Gasteiger partial charge is 0.276 e. The topological polar surface area (TPSA) is 93.8 Å². The monoisotopic (exact) mass is 437 g/mol. The number of methoxy groups -OCH3 is 1. The lowest BCUT2D eigenvalue weighted by molar-refractivity contribution is -0.0249. The van der Waals surface area contributed by atoms with Gasteiger partial charge in [-0.2, -0.15) is 0 Å². The molecule has 1 fully saturated rings. The van der Waals surface area contributed by atoms with Crippen molar-refractivity contribution < 1.29 is 18.8 Å². The number of nitrogens with zero attached hydrogens (tertiary/aromatic N) is 5. The Kier molecular flexibility index (Phi) is 6.48. The number of amides is 1. The lowest BCUT2D eigenvalue weighted by Crippen LogP contribution is -2.43. The average molecular weight is 438 g/mol. The van der Waals surface area contributed by atoms with Gasteiger partial charge in [0.25, 0.3) is 5.91 Å². The molecule has 1 aromatic carbocycles. The average Bonchev–Trinajstić information content (AvgIpc) is 3.18. The first-order valence-electron chi connectivity index (χ1n) is 10.4. The minimum atomic E-state index is -0.399. The molecular formula is C23H27N5O4. The maximum atomic E-state index is 13.3. The van der Waals surface area contributed by atoms with Crippen molar-refractivity contribution in [3.05, 3.63) is 59.4 Å². The van der Waals surface area contributed by atoms with E-state index in [0.29, 0.717) is 43.4 Å². The van der Waals surface area contributed by atoms with E-state index in [-0.39, 0.29) is 5.91 Å². The van der Waals surface area contributed by atoms with Gasteiger partial charge in [-0.05, 0) is 45.3 Å². The zero-order chi connectivity index (χ0) is 22.7. The fraction of sp³-hybridized carbons (Fsp3) is 0.391. The molecule has 1 aliphatic rings. The number of carbonyl (C=O) groups is 1. The zero-order valence-corrected chi connectivity index (χ0v) is 18.7. The zero-order valence-electron chi connectivity index (χ0n) is 18.7. The third kappa shape index (κ3) is 4.49. The normalized spacial score (nSPS) is 16.4. The molecule has 9 heteroatoms. The summed E-state index contributed by atoms with van der Waals surface area (Å²) < 4.78 is 16.6. The fourth-order valence-corrected chi connectivity index (χ4v) is 3.77. The highest BCUT2D eigenvalue weighted by molar-refractivity contribution is 5.94. The Balaban J connectivity index is 1.58. The van der Waals surface area contributed by atoms with Crippen LogP contribution >= 0.6 is 0 Å². The van der Waals surface area contributed by atoms with Crippen LogP contribution in [0.5, 0.6) is 5.75 Å². The van der Waals surface area contributed by atoms with E-state index < -0.39 is 6.10 Å². The van der Waals surface area contributed by atoms with Gasteiger partial charge >= 0.3 is 0 Å². The molecule has 0 saturated carbocycles. The minimum Gasteiger partial charge on any atom is -0.497 e. The van der Waals surface area contributed by atoms with Crippen LogP contribution in [0.3, 0.4) is 0 Å². The van der Waals surface area contributed by atoms with Crippen molar-refractivity contribution in [1.29, 1.82) is 0 Å². The Morgan fingerprint density at radius 2 is 1.97 bits per heavy atom. The molecule has 2 aromatic heterocycles. The van der Waals surface area contributed by atoms with Crippen LogP contribution in [0, 0.1) is 6.92 Å². The summed E-state index contributed by atoms with van der Waals surface area (Å²) in [6.07, 6.45) is 2.90. The number of hydrogen-bond donors (Lipinski definition) is 0. The number of aromatic nitrogens is 3. The van der Waals surface area contributed by atoms with E-state index in [2.05, 4.69) is 15.1 Å². The fourth-order valence-electron chi connectivity index (χ4n) is 3.77. The largest absolute Gasteiger partial charge is 0.497 e. The van der Waals surface area contributed by atoms with Gasteiger partial charge in [-0.1, -0.05) is 5.16 Å². The number of morpholine rings is 1. The van der Waals surface area contributed by atoms with E-state index in [1.54, 1.807) is 24.4 Å². The van der Waals surface area contributed by atoms with Crippen molar-refractivity contribution in [2.24, 2.45) is 0 Å². The Hall–Kier alpha value is -3.30. The number of ether oxygens (including phenoxy) is 2. The predicted octanol–water partition coefficient (Wildman–Crippen LogP) is 2.72. The van der Waals surface area contributed by atoms with Gasteiger partial charge in [0.2, 0.25) is 0 Å². The van der Waals surface area contributed by atoms with Gasteiger partial charge in [-0.15, -0.1) is 0 Å². The maximum Gasteiger partial charge on any atom is 0.276 e. The molecule has 3 aromatic rings.